The number of H-pyrrole nitrogens is 1. The minimum atomic E-state index is -1.24. The van der Waals surface area contributed by atoms with Crippen molar-refractivity contribution in [3.8, 4) is 0 Å². The van der Waals surface area contributed by atoms with Crippen LogP contribution in [0.3, 0.4) is 0 Å². The highest BCUT2D eigenvalue weighted by Crippen LogP contribution is 2.05. The summed E-state index contributed by atoms with van der Waals surface area (Å²) in [4.78, 5) is 55.9. The maximum absolute atomic E-state index is 13.0. The minimum Gasteiger partial charge on any atom is -0.480 e. The lowest BCUT2D eigenvalue weighted by atomic mass is 10.1. The molecule has 0 saturated heterocycles. The maximum atomic E-state index is 13.0. The summed E-state index contributed by atoms with van der Waals surface area (Å²) in [6, 6.07) is -4.23. The monoisotopic (exact) mass is 489 g/mol. The number of carbonyl (C=O) groups is 4. The molecule has 9 N–H and O–H groups in total. The molecule has 0 radical (unpaired) electrons. The van der Waals surface area contributed by atoms with E-state index in [-0.39, 0.29) is 24.3 Å². The predicted molar refractivity (Wildman–Crippen MR) is 124 cm³/mol. The van der Waals surface area contributed by atoms with Crippen LogP contribution in [0, 0.1) is 0 Å². The van der Waals surface area contributed by atoms with Gasteiger partial charge in [-0.2, -0.15) is 25.3 Å². The first-order valence-electron chi connectivity index (χ1n) is 10.0. The van der Waals surface area contributed by atoms with Gasteiger partial charge in [-0.1, -0.05) is 0 Å². The molecule has 0 aliphatic carbocycles. The second kappa shape index (κ2) is 14.7. The number of hydrogen-bond acceptors (Lipinski definition) is 9. The van der Waals surface area contributed by atoms with Crippen LogP contribution in [0.4, 0.5) is 0 Å². The zero-order chi connectivity index (χ0) is 24.1. The topological polar surface area (TPSA) is 205 Å². The van der Waals surface area contributed by atoms with Crippen LogP contribution in [0.2, 0.25) is 0 Å². The zero-order valence-corrected chi connectivity index (χ0v) is 19.3. The summed E-state index contributed by atoms with van der Waals surface area (Å²) in [5, 5.41) is 16.7. The molecule has 0 aromatic carbocycles. The third-order valence-corrected chi connectivity index (χ3v) is 5.28. The number of unbranched alkanes of at least 4 members (excludes halogenated alkanes) is 1. The Morgan fingerprint density at radius 1 is 1.00 bits per heavy atom. The van der Waals surface area contributed by atoms with Crippen molar-refractivity contribution in [1.29, 1.82) is 0 Å². The number of carboxylic acid groups (broad SMARTS) is 1. The van der Waals surface area contributed by atoms with Crippen LogP contribution in [0.5, 0.6) is 0 Å². The molecule has 14 heteroatoms. The molecule has 0 bridgehead atoms. The fourth-order valence-corrected chi connectivity index (χ4v) is 3.09. The first kappa shape index (κ1) is 27.7. The number of carboxylic acids is 1. The van der Waals surface area contributed by atoms with Gasteiger partial charge in [-0.15, -0.1) is 0 Å². The number of thiol groups is 2. The molecule has 4 unspecified atom stereocenters. The van der Waals surface area contributed by atoms with Gasteiger partial charge in [-0.25, -0.2) is 9.78 Å². The fraction of sp³-hybridized carbons (Fsp3) is 0.611. The normalized spacial score (nSPS) is 14.6. The van der Waals surface area contributed by atoms with E-state index in [1.54, 1.807) is 0 Å². The molecule has 0 fully saturated rings. The summed E-state index contributed by atoms with van der Waals surface area (Å²) >= 11 is 7.91. The third kappa shape index (κ3) is 9.46. The van der Waals surface area contributed by atoms with E-state index in [0.29, 0.717) is 25.1 Å². The summed E-state index contributed by atoms with van der Waals surface area (Å²) in [6.07, 6.45) is 4.37. The average molecular weight is 490 g/mol. The summed E-state index contributed by atoms with van der Waals surface area (Å²) in [7, 11) is 0. The number of aliphatic carboxylic acids is 1. The number of nitrogens with one attached hydrogen (secondary N) is 4. The van der Waals surface area contributed by atoms with Crippen LogP contribution >= 0.6 is 25.3 Å². The summed E-state index contributed by atoms with van der Waals surface area (Å²) in [5.41, 5.74) is 11.8. The van der Waals surface area contributed by atoms with Gasteiger partial charge in [0.1, 0.15) is 18.1 Å². The molecule has 0 spiro atoms. The molecule has 1 aromatic heterocycles. The van der Waals surface area contributed by atoms with Gasteiger partial charge in [0.05, 0.1) is 12.4 Å². The van der Waals surface area contributed by atoms with E-state index in [9.17, 15) is 19.2 Å². The van der Waals surface area contributed by atoms with Crippen molar-refractivity contribution in [3.05, 3.63) is 18.2 Å². The molecule has 180 valence electrons. The van der Waals surface area contributed by atoms with E-state index in [2.05, 4.69) is 51.2 Å². The number of amides is 3. The Morgan fingerprint density at radius 2 is 1.62 bits per heavy atom. The number of aromatic nitrogens is 2. The molecule has 1 heterocycles. The van der Waals surface area contributed by atoms with Crippen LogP contribution in [-0.2, 0) is 25.6 Å². The van der Waals surface area contributed by atoms with E-state index in [1.807, 2.05) is 0 Å². The van der Waals surface area contributed by atoms with Crippen LogP contribution in [-0.4, -0.2) is 81.0 Å². The Hall–Kier alpha value is -2.29. The van der Waals surface area contributed by atoms with E-state index in [0.717, 1.165) is 0 Å². The Morgan fingerprint density at radius 3 is 2.16 bits per heavy atom. The van der Waals surface area contributed by atoms with Crippen LogP contribution in [0.25, 0.3) is 0 Å². The lowest BCUT2D eigenvalue weighted by molar-refractivity contribution is -0.141. The number of nitrogens with zero attached hydrogens (tertiary/aromatic N) is 1. The van der Waals surface area contributed by atoms with Gasteiger partial charge in [-0.3, -0.25) is 14.4 Å². The Kier molecular flexibility index (Phi) is 12.8. The van der Waals surface area contributed by atoms with Gasteiger partial charge in [0.25, 0.3) is 0 Å². The number of rotatable bonds is 15. The zero-order valence-electron chi connectivity index (χ0n) is 17.5. The van der Waals surface area contributed by atoms with Gasteiger partial charge in [0, 0.05) is 29.8 Å². The van der Waals surface area contributed by atoms with E-state index < -0.39 is 47.9 Å². The number of hydrogen-bond donors (Lipinski definition) is 9. The van der Waals surface area contributed by atoms with Gasteiger partial charge in [-0.05, 0) is 25.8 Å². The van der Waals surface area contributed by atoms with Crippen molar-refractivity contribution in [3.63, 3.8) is 0 Å². The molecular weight excluding hydrogens is 458 g/mol. The third-order valence-electron chi connectivity index (χ3n) is 4.52. The lowest BCUT2D eigenvalue weighted by Crippen LogP contribution is -2.58. The molecule has 0 aliphatic heterocycles. The number of carbonyl (C=O) groups excluding carboxylic acids is 3. The van der Waals surface area contributed by atoms with Crippen molar-refractivity contribution >= 4 is 48.9 Å². The lowest BCUT2D eigenvalue weighted by Gasteiger charge is -2.24. The molecule has 3 amide bonds. The second-order valence-corrected chi connectivity index (χ2v) is 7.79. The molecule has 0 saturated carbocycles. The van der Waals surface area contributed by atoms with E-state index >= 15 is 0 Å². The minimum absolute atomic E-state index is 0.0718. The Labute approximate surface area is 196 Å². The van der Waals surface area contributed by atoms with Gasteiger partial charge >= 0.3 is 5.97 Å². The van der Waals surface area contributed by atoms with Gasteiger partial charge in [0.15, 0.2) is 0 Å². The number of aromatic amines is 1. The average Bonchev–Trinajstić information content (AvgIpc) is 3.28. The van der Waals surface area contributed by atoms with Gasteiger partial charge < -0.3 is 37.5 Å². The maximum Gasteiger partial charge on any atom is 0.327 e. The van der Waals surface area contributed by atoms with Crippen LogP contribution in [0.15, 0.2) is 12.5 Å². The van der Waals surface area contributed by atoms with Crippen molar-refractivity contribution in [2.24, 2.45) is 11.5 Å². The highest BCUT2D eigenvalue weighted by Gasteiger charge is 2.30. The quantitative estimate of drug-likeness (QED) is 0.0974. The summed E-state index contributed by atoms with van der Waals surface area (Å²) in [6.45, 7) is 0.400. The highest BCUT2D eigenvalue weighted by atomic mass is 32.1. The fourth-order valence-electron chi connectivity index (χ4n) is 2.68. The summed E-state index contributed by atoms with van der Waals surface area (Å²) < 4.78 is 0. The smallest absolute Gasteiger partial charge is 0.327 e. The number of nitrogens with two attached hydrogens (primary N) is 2. The van der Waals surface area contributed by atoms with Crippen LogP contribution < -0.4 is 27.4 Å². The molecule has 1 aromatic rings. The Balaban J connectivity index is 2.98. The first-order chi connectivity index (χ1) is 15.2. The van der Waals surface area contributed by atoms with Crippen molar-refractivity contribution < 1.29 is 24.3 Å². The molecule has 4 atom stereocenters. The van der Waals surface area contributed by atoms with Crippen LogP contribution in [0.1, 0.15) is 25.0 Å². The molecule has 32 heavy (non-hydrogen) atoms. The predicted octanol–water partition coefficient (Wildman–Crippen LogP) is -2.19. The van der Waals surface area contributed by atoms with Crippen molar-refractivity contribution in [1.82, 2.24) is 25.9 Å². The SMILES string of the molecule is NCCCCC(NC(=O)C(Cc1cnc[nH]1)NC(=O)C(N)CS)C(=O)NC(CS)C(=O)O. The van der Waals surface area contributed by atoms with Crippen molar-refractivity contribution in [2.75, 3.05) is 18.1 Å². The summed E-state index contributed by atoms with van der Waals surface area (Å²) in [5.74, 6) is -3.17. The molecule has 0 aliphatic rings. The van der Waals surface area contributed by atoms with Gasteiger partial charge in [0.2, 0.25) is 17.7 Å². The molecular formula is C18H31N7O5S2. The van der Waals surface area contributed by atoms with E-state index in [1.165, 1.54) is 12.5 Å². The van der Waals surface area contributed by atoms with Crippen molar-refractivity contribution in [2.45, 2.75) is 49.9 Å². The highest BCUT2D eigenvalue weighted by molar-refractivity contribution is 7.80. The molecule has 12 nitrogen and oxygen atoms in total. The Bertz CT molecular complexity index is 750. The first-order valence-corrected chi connectivity index (χ1v) is 11.3. The molecule has 1 rings (SSSR count). The standard InChI is InChI=1S/C18H31N7O5S2/c19-4-2-1-3-12(16(27)25-14(8-32)18(29)30)23-17(28)13(5-10-6-21-9-22-10)24-15(26)11(20)7-31/h6,9,11-14,31-32H,1-5,7-8,19-20H2,(H,21,22)(H,23,28)(H,24,26)(H,25,27)(H,29,30). The second-order valence-electron chi connectivity index (χ2n) is 7.06. The van der Waals surface area contributed by atoms with E-state index in [4.69, 9.17) is 16.6 Å². The number of imidazole rings is 1. The largest absolute Gasteiger partial charge is 0.480 e.